The highest BCUT2D eigenvalue weighted by atomic mass is 28.3. The summed E-state index contributed by atoms with van der Waals surface area (Å²) < 4.78 is 11.3. The first kappa shape index (κ1) is 45.6. The van der Waals surface area contributed by atoms with Gasteiger partial charge in [-0.05, 0) is 157 Å². The summed E-state index contributed by atoms with van der Waals surface area (Å²) in [4.78, 5) is 40.1. The number of ether oxygens (including phenoxy) is 2. The van der Waals surface area contributed by atoms with Crippen LogP contribution < -0.4 is 5.32 Å². The van der Waals surface area contributed by atoms with Crippen LogP contribution in [0.25, 0.3) is 0 Å². The Labute approximate surface area is 355 Å². The number of hydrogen-bond acceptors (Lipinski definition) is 5. The first-order valence-corrected chi connectivity index (χ1v) is 31.0. The van der Waals surface area contributed by atoms with Crippen LogP contribution in [-0.2, 0) is 19.1 Å². The van der Waals surface area contributed by atoms with Crippen molar-refractivity contribution in [2.45, 2.75) is 176 Å². The van der Waals surface area contributed by atoms with Crippen molar-refractivity contribution in [3.05, 3.63) is 35.4 Å². The maximum Gasteiger partial charge on any atom is 0.338 e. The Morgan fingerprint density at radius 3 is 1.98 bits per heavy atom. The van der Waals surface area contributed by atoms with Crippen molar-refractivity contribution in [1.82, 2.24) is 5.32 Å². The van der Waals surface area contributed by atoms with E-state index in [1.165, 1.54) is 44.1 Å². The van der Waals surface area contributed by atoms with Gasteiger partial charge in [0.2, 0.25) is 5.91 Å². The molecule has 6 rings (SSSR count). The van der Waals surface area contributed by atoms with Crippen LogP contribution in [0.2, 0.25) is 51.4 Å². The van der Waals surface area contributed by atoms with E-state index in [1.54, 1.807) is 0 Å². The quantitative estimate of drug-likeness (QED) is 0.158. The molecule has 0 radical (unpaired) electrons. The number of esters is 2. The van der Waals surface area contributed by atoms with Gasteiger partial charge in [0.05, 0.1) is 30.6 Å². The van der Waals surface area contributed by atoms with Gasteiger partial charge in [0.25, 0.3) is 0 Å². The van der Waals surface area contributed by atoms with Crippen LogP contribution in [0.4, 0.5) is 0 Å². The number of benzene rings is 1. The average Bonchev–Trinajstić information content (AvgIpc) is 3.52. The first-order valence-electron chi connectivity index (χ1n) is 23.6. The molecule has 10 atom stereocenters. The summed E-state index contributed by atoms with van der Waals surface area (Å²) in [6.07, 6.45) is 11.9. The molecule has 0 saturated heterocycles. The Balaban J connectivity index is 1.17. The van der Waals surface area contributed by atoms with Crippen LogP contribution >= 0.6 is 0 Å². The van der Waals surface area contributed by atoms with Crippen molar-refractivity contribution in [3.63, 3.8) is 0 Å². The van der Waals surface area contributed by atoms with E-state index >= 15 is 0 Å². The van der Waals surface area contributed by atoms with E-state index in [9.17, 15) is 14.4 Å². The van der Waals surface area contributed by atoms with E-state index < -0.39 is 16.1 Å². The molecule has 5 aliphatic carbocycles. The number of carbonyl (C=O) groups is 3. The van der Waals surface area contributed by atoms with E-state index in [0.717, 1.165) is 37.8 Å². The zero-order valence-electron chi connectivity index (χ0n) is 39.2. The van der Waals surface area contributed by atoms with Crippen LogP contribution in [0, 0.1) is 62.6 Å². The summed E-state index contributed by atoms with van der Waals surface area (Å²) in [5.41, 5.74) is 2.54. The summed E-state index contributed by atoms with van der Waals surface area (Å²) in [5.74, 6) is 3.64. The molecule has 6 nitrogen and oxygen atoms in total. The molecule has 58 heavy (non-hydrogen) atoms. The van der Waals surface area contributed by atoms with Gasteiger partial charge in [-0.1, -0.05) is 99.9 Å². The molecule has 1 unspecified atom stereocenters. The predicted octanol–water partition coefficient (Wildman–Crippen LogP) is 12.4. The van der Waals surface area contributed by atoms with Crippen molar-refractivity contribution >= 4 is 34.0 Å². The zero-order valence-corrected chi connectivity index (χ0v) is 41.2. The molecule has 1 amide bonds. The lowest BCUT2D eigenvalue weighted by Gasteiger charge is -2.73. The lowest BCUT2D eigenvalue weighted by Crippen LogP contribution is -2.67. The number of nitrogens with one attached hydrogen (secondary N) is 1. The van der Waals surface area contributed by atoms with Gasteiger partial charge in [-0.2, -0.15) is 0 Å². The highest BCUT2D eigenvalue weighted by Crippen LogP contribution is 2.78. The van der Waals surface area contributed by atoms with Gasteiger partial charge in [-0.25, -0.2) is 4.79 Å². The van der Waals surface area contributed by atoms with E-state index in [4.69, 9.17) is 9.47 Å². The zero-order chi connectivity index (χ0) is 42.7. The number of rotatable bonds is 13. The maximum absolute atomic E-state index is 14.5. The number of fused-ring (bicyclic) bond motifs is 7. The second-order valence-corrected chi connectivity index (χ2v) is 35.6. The summed E-state index contributed by atoms with van der Waals surface area (Å²) in [6.45, 7) is 33.2. The molecule has 326 valence electrons. The van der Waals surface area contributed by atoms with Crippen molar-refractivity contribution in [1.29, 1.82) is 0 Å². The molecule has 0 spiro atoms. The fourth-order valence-electron chi connectivity index (χ4n) is 14.8. The molecule has 0 heterocycles. The number of carbonyl (C=O) groups excluding carboxylic acids is 3. The van der Waals surface area contributed by atoms with Gasteiger partial charge < -0.3 is 14.8 Å². The monoisotopic (exact) mass is 834 g/mol. The number of amides is 1. The normalized spacial score (nSPS) is 36.9. The molecular weight excluding hydrogens is 751 g/mol. The fourth-order valence-corrected chi connectivity index (χ4v) is 16.2. The standard InChI is InChI=1S/C50H83NO5Si2/c1-34(2)37-20-26-50(45(54)51-29-23-42(52)55-30-32-57(8,9)10)28-27-48(6)39(43(37)50)18-19-41-47(5)24-21-38(46(3,4)40(47)22-25-49(41,48)7)35-14-16-36(17-15-35)44(53)56-31-33-58(11,12)13/h14-17,34,37-41,43H,18-33H2,1-13H3,(H,51,54)/t37-,38?,39+,40-,41+,43+,47-,48+,49+,50-/m0/s1. The third-order valence-electron chi connectivity index (χ3n) is 18.2. The largest absolute Gasteiger partial charge is 0.466 e. The van der Waals surface area contributed by atoms with Crippen molar-refractivity contribution in [3.8, 4) is 0 Å². The lowest BCUT2D eigenvalue weighted by atomic mass is 9.31. The number of hydrogen-bond donors (Lipinski definition) is 1. The fraction of sp³-hybridized carbons (Fsp3) is 0.820. The second kappa shape index (κ2) is 16.4. The third-order valence-corrected chi connectivity index (χ3v) is 21.6. The highest BCUT2D eigenvalue weighted by Gasteiger charge is 2.72. The average molecular weight is 834 g/mol. The molecular formula is C50H83NO5Si2. The lowest BCUT2D eigenvalue weighted by molar-refractivity contribution is -0.239. The van der Waals surface area contributed by atoms with Gasteiger partial charge >= 0.3 is 11.9 Å². The topological polar surface area (TPSA) is 81.7 Å². The van der Waals surface area contributed by atoms with Crippen LogP contribution in [0.5, 0.6) is 0 Å². The molecule has 5 aliphatic rings. The molecule has 8 heteroatoms. The Morgan fingerprint density at radius 1 is 0.724 bits per heavy atom. The van der Waals surface area contributed by atoms with Crippen LogP contribution in [-0.4, -0.2) is 53.8 Å². The smallest absolute Gasteiger partial charge is 0.338 e. The minimum Gasteiger partial charge on any atom is -0.466 e. The van der Waals surface area contributed by atoms with E-state index in [2.05, 4.69) is 105 Å². The van der Waals surface area contributed by atoms with Gasteiger partial charge in [0, 0.05) is 22.7 Å². The summed E-state index contributed by atoms with van der Waals surface area (Å²) in [5, 5.41) is 3.32. The van der Waals surface area contributed by atoms with Gasteiger partial charge in [-0.15, -0.1) is 0 Å². The highest BCUT2D eigenvalue weighted by molar-refractivity contribution is 6.76. The SMILES string of the molecule is CC(C)[C@@H]1CC[C@]2(C(=O)NCCC(=O)OCC[Si](C)(C)C)CC[C@]3(C)[C@H](CC[C@@H]4[C@@]5(C)CCC(c6ccc(C(=O)OCC[Si](C)(C)C)cc6)C(C)(C)[C@@H]5CC[C@]43C)[C@@H]12. The minimum atomic E-state index is -1.27. The third kappa shape index (κ3) is 8.34. The molecule has 1 N–H and O–H groups in total. The molecule has 0 aromatic heterocycles. The molecule has 1 aromatic carbocycles. The summed E-state index contributed by atoms with van der Waals surface area (Å²) >= 11 is 0. The van der Waals surface area contributed by atoms with E-state index in [1.807, 2.05) is 12.1 Å². The molecule has 5 fully saturated rings. The molecule has 5 saturated carbocycles. The second-order valence-electron chi connectivity index (χ2n) is 24.3. The predicted molar refractivity (Wildman–Crippen MR) is 243 cm³/mol. The van der Waals surface area contributed by atoms with Crippen molar-refractivity contribution in [2.75, 3.05) is 19.8 Å². The van der Waals surface area contributed by atoms with E-state index in [0.29, 0.717) is 66.7 Å². The Hall–Kier alpha value is -1.94. The Kier molecular flexibility index (Phi) is 12.9. The minimum absolute atomic E-state index is 0.139. The molecule has 0 bridgehead atoms. The Bertz CT molecular complexity index is 1660. The first-order chi connectivity index (χ1) is 26.9. The molecule has 0 aliphatic heterocycles. The maximum atomic E-state index is 14.5. The van der Waals surface area contributed by atoms with Crippen LogP contribution in [0.1, 0.15) is 141 Å². The van der Waals surface area contributed by atoms with Crippen LogP contribution in [0.3, 0.4) is 0 Å². The van der Waals surface area contributed by atoms with Crippen LogP contribution in [0.15, 0.2) is 24.3 Å². The van der Waals surface area contributed by atoms with Crippen molar-refractivity contribution in [2.24, 2.45) is 62.6 Å². The summed E-state index contributed by atoms with van der Waals surface area (Å²) in [7, 11) is -2.53. The van der Waals surface area contributed by atoms with E-state index in [-0.39, 0.29) is 51.3 Å². The van der Waals surface area contributed by atoms with Crippen molar-refractivity contribution < 1.29 is 23.9 Å². The van der Waals surface area contributed by atoms with Gasteiger partial charge in [-0.3, -0.25) is 9.59 Å². The van der Waals surface area contributed by atoms with Gasteiger partial charge in [0.15, 0.2) is 0 Å². The Morgan fingerprint density at radius 2 is 1.36 bits per heavy atom. The summed E-state index contributed by atoms with van der Waals surface area (Å²) in [6, 6.07) is 10.4. The van der Waals surface area contributed by atoms with Gasteiger partial charge in [0.1, 0.15) is 0 Å². The molecule has 1 aromatic rings.